The lowest BCUT2D eigenvalue weighted by Gasteiger charge is -2.09. The van der Waals surface area contributed by atoms with Gasteiger partial charge in [0.15, 0.2) is 5.82 Å². The molecule has 0 saturated heterocycles. The Labute approximate surface area is 156 Å². The second-order valence-corrected chi connectivity index (χ2v) is 8.98. The van der Waals surface area contributed by atoms with E-state index in [1.807, 2.05) is 0 Å². The third-order valence-electron chi connectivity index (χ3n) is 2.90. The SMILES string of the molecule is Cc1noc(-c2ccc(NS(=O)(=O)c3cc(Cl)sc3Cl)c(Cl)c2)n1. The summed E-state index contributed by atoms with van der Waals surface area (Å²) in [5.74, 6) is 0.770. The predicted molar refractivity (Wildman–Crippen MR) is 94.6 cm³/mol. The van der Waals surface area contributed by atoms with Crippen molar-refractivity contribution in [2.75, 3.05) is 4.72 Å². The van der Waals surface area contributed by atoms with Gasteiger partial charge in [-0.05, 0) is 31.2 Å². The fourth-order valence-corrected chi connectivity index (χ4v) is 5.37. The van der Waals surface area contributed by atoms with Gasteiger partial charge >= 0.3 is 0 Å². The standard InChI is InChI=1S/C13H8Cl3N3O3S2/c1-6-17-13(22-18-6)7-2-3-9(8(14)4-7)19-24(20,21)10-5-11(15)23-12(10)16/h2-5,19H,1H3. The molecule has 0 spiro atoms. The van der Waals surface area contributed by atoms with Crippen LogP contribution in [0.3, 0.4) is 0 Å². The first-order valence-corrected chi connectivity index (χ1v) is 9.77. The zero-order valence-electron chi connectivity index (χ0n) is 11.9. The molecule has 0 unspecified atom stereocenters. The second kappa shape index (κ2) is 6.53. The highest BCUT2D eigenvalue weighted by Crippen LogP contribution is 2.36. The van der Waals surface area contributed by atoms with E-state index in [2.05, 4.69) is 14.9 Å². The molecule has 0 radical (unpaired) electrons. The molecular formula is C13H8Cl3N3O3S2. The average molecular weight is 425 g/mol. The third-order valence-corrected chi connectivity index (χ3v) is 6.33. The number of rotatable bonds is 4. The van der Waals surface area contributed by atoms with Crippen LogP contribution in [0, 0.1) is 6.92 Å². The highest BCUT2D eigenvalue weighted by Gasteiger charge is 2.22. The summed E-state index contributed by atoms with van der Waals surface area (Å²) in [5, 5.41) is 3.86. The molecule has 0 aliphatic carbocycles. The molecule has 0 aliphatic rings. The lowest BCUT2D eigenvalue weighted by molar-refractivity contribution is 0.425. The van der Waals surface area contributed by atoms with Crippen LogP contribution in [0.5, 0.6) is 0 Å². The van der Waals surface area contributed by atoms with Crippen LogP contribution in [-0.4, -0.2) is 18.6 Å². The third kappa shape index (κ3) is 3.52. The van der Waals surface area contributed by atoms with Crippen molar-refractivity contribution in [1.82, 2.24) is 10.1 Å². The molecule has 2 aromatic heterocycles. The lowest BCUT2D eigenvalue weighted by Crippen LogP contribution is -2.12. The lowest BCUT2D eigenvalue weighted by atomic mass is 10.2. The van der Waals surface area contributed by atoms with Crippen LogP contribution < -0.4 is 4.72 Å². The number of hydrogen-bond donors (Lipinski definition) is 1. The Bertz CT molecular complexity index is 1010. The molecule has 0 atom stereocenters. The Morgan fingerprint density at radius 2 is 1.96 bits per heavy atom. The van der Waals surface area contributed by atoms with E-state index in [1.54, 1.807) is 13.0 Å². The fourth-order valence-electron chi connectivity index (χ4n) is 1.85. The number of nitrogens with one attached hydrogen (secondary N) is 1. The van der Waals surface area contributed by atoms with Gasteiger partial charge in [-0.1, -0.05) is 40.0 Å². The number of sulfonamides is 1. The van der Waals surface area contributed by atoms with Crippen molar-refractivity contribution in [2.45, 2.75) is 11.8 Å². The van der Waals surface area contributed by atoms with Crippen molar-refractivity contribution in [2.24, 2.45) is 0 Å². The number of aryl methyl sites for hydroxylation is 1. The van der Waals surface area contributed by atoms with Crippen molar-refractivity contribution in [3.63, 3.8) is 0 Å². The predicted octanol–water partition coefficient (Wildman–Crippen LogP) is 4.87. The van der Waals surface area contributed by atoms with E-state index >= 15 is 0 Å². The average Bonchev–Trinajstić information content (AvgIpc) is 3.07. The number of thiophene rings is 1. The van der Waals surface area contributed by atoms with Gasteiger partial charge < -0.3 is 4.52 Å². The van der Waals surface area contributed by atoms with Gasteiger partial charge in [-0.25, -0.2) is 8.42 Å². The first-order chi connectivity index (χ1) is 11.3. The summed E-state index contributed by atoms with van der Waals surface area (Å²) in [7, 11) is -3.91. The van der Waals surface area contributed by atoms with E-state index in [9.17, 15) is 8.42 Å². The van der Waals surface area contributed by atoms with E-state index in [4.69, 9.17) is 39.3 Å². The molecule has 3 aromatic rings. The maximum Gasteiger partial charge on any atom is 0.264 e. The van der Waals surface area contributed by atoms with Crippen LogP contribution in [0.2, 0.25) is 13.7 Å². The van der Waals surface area contributed by atoms with Gasteiger partial charge in [0.2, 0.25) is 0 Å². The quantitative estimate of drug-likeness (QED) is 0.646. The minimum Gasteiger partial charge on any atom is -0.334 e. The van der Waals surface area contributed by atoms with Crippen molar-refractivity contribution >= 4 is 61.9 Å². The van der Waals surface area contributed by atoms with Crippen LogP contribution in [-0.2, 0) is 10.0 Å². The fraction of sp³-hybridized carbons (Fsp3) is 0.0769. The second-order valence-electron chi connectivity index (χ2n) is 4.64. The van der Waals surface area contributed by atoms with Crippen LogP contribution in [0.15, 0.2) is 33.7 Å². The maximum atomic E-state index is 12.4. The maximum absolute atomic E-state index is 12.4. The summed E-state index contributed by atoms with van der Waals surface area (Å²) in [4.78, 5) is 3.98. The molecular weight excluding hydrogens is 417 g/mol. The minimum atomic E-state index is -3.91. The molecule has 0 aliphatic heterocycles. The Morgan fingerprint density at radius 3 is 2.50 bits per heavy atom. The van der Waals surface area contributed by atoms with E-state index in [0.717, 1.165) is 11.3 Å². The number of halogens is 3. The molecule has 6 nitrogen and oxygen atoms in total. The topological polar surface area (TPSA) is 85.1 Å². The highest BCUT2D eigenvalue weighted by atomic mass is 35.5. The molecule has 11 heteroatoms. The number of hydrogen-bond acceptors (Lipinski definition) is 6. The van der Waals surface area contributed by atoms with Crippen molar-refractivity contribution in [1.29, 1.82) is 0 Å². The highest BCUT2D eigenvalue weighted by molar-refractivity contribution is 7.93. The molecule has 0 bridgehead atoms. The summed E-state index contributed by atoms with van der Waals surface area (Å²) < 4.78 is 32.6. The van der Waals surface area contributed by atoms with Crippen LogP contribution in [0.1, 0.15) is 5.82 Å². The molecule has 24 heavy (non-hydrogen) atoms. The molecule has 1 aromatic carbocycles. The van der Waals surface area contributed by atoms with Crippen molar-refractivity contribution < 1.29 is 12.9 Å². The van der Waals surface area contributed by atoms with E-state index in [0.29, 0.717) is 11.4 Å². The molecule has 0 saturated carbocycles. The Kier molecular flexibility index (Phi) is 4.76. The van der Waals surface area contributed by atoms with E-state index in [-0.39, 0.29) is 30.2 Å². The normalized spacial score (nSPS) is 11.7. The smallest absolute Gasteiger partial charge is 0.264 e. The van der Waals surface area contributed by atoms with Crippen LogP contribution in [0.25, 0.3) is 11.5 Å². The Hall–Kier alpha value is -1.32. The van der Waals surface area contributed by atoms with Gasteiger partial charge in [-0.2, -0.15) is 4.98 Å². The molecule has 126 valence electrons. The summed E-state index contributed by atoms with van der Waals surface area (Å²) in [6.07, 6.45) is 0. The summed E-state index contributed by atoms with van der Waals surface area (Å²) in [6.45, 7) is 1.69. The van der Waals surface area contributed by atoms with Crippen LogP contribution in [0.4, 0.5) is 5.69 Å². The monoisotopic (exact) mass is 423 g/mol. The van der Waals surface area contributed by atoms with Gasteiger partial charge in [-0.15, -0.1) is 11.3 Å². The summed E-state index contributed by atoms with van der Waals surface area (Å²) >= 11 is 18.8. The largest absolute Gasteiger partial charge is 0.334 e. The van der Waals surface area contributed by atoms with E-state index < -0.39 is 10.0 Å². The Balaban J connectivity index is 1.92. The minimum absolute atomic E-state index is 0.0709. The summed E-state index contributed by atoms with van der Waals surface area (Å²) in [6, 6.07) is 5.91. The van der Waals surface area contributed by atoms with Crippen molar-refractivity contribution in [3.8, 4) is 11.5 Å². The first-order valence-electron chi connectivity index (χ1n) is 6.34. The van der Waals surface area contributed by atoms with Crippen molar-refractivity contribution in [3.05, 3.63) is 43.8 Å². The van der Waals surface area contributed by atoms with Gasteiger partial charge in [-0.3, -0.25) is 4.72 Å². The number of anilines is 1. The number of aromatic nitrogens is 2. The van der Waals surface area contributed by atoms with E-state index in [1.165, 1.54) is 18.2 Å². The van der Waals surface area contributed by atoms with Gasteiger partial charge in [0.1, 0.15) is 9.23 Å². The molecule has 0 amide bonds. The van der Waals surface area contributed by atoms with Gasteiger partial charge in [0.25, 0.3) is 15.9 Å². The molecule has 1 N–H and O–H groups in total. The summed E-state index contributed by atoms with van der Waals surface area (Å²) in [5.41, 5.74) is 0.759. The molecule has 3 rings (SSSR count). The molecule has 0 fully saturated rings. The zero-order chi connectivity index (χ0) is 17.5. The zero-order valence-corrected chi connectivity index (χ0v) is 15.8. The molecule has 2 heterocycles. The first kappa shape index (κ1) is 17.5. The van der Waals surface area contributed by atoms with Gasteiger partial charge in [0, 0.05) is 5.56 Å². The number of benzene rings is 1. The van der Waals surface area contributed by atoms with Crippen LogP contribution >= 0.6 is 46.1 Å². The Morgan fingerprint density at radius 1 is 1.21 bits per heavy atom. The van der Waals surface area contributed by atoms with Gasteiger partial charge in [0.05, 0.1) is 15.0 Å². The number of nitrogens with zero attached hydrogens (tertiary/aromatic N) is 2.